The first-order chi connectivity index (χ1) is 13.3. The van der Waals surface area contributed by atoms with Crippen LogP contribution in [0.5, 0.6) is 0 Å². The van der Waals surface area contributed by atoms with Gasteiger partial charge in [0.1, 0.15) is 6.20 Å². The lowest BCUT2D eigenvalue weighted by Crippen LogP contribution is -2.84. The molecule has 1 aromatic heterocycles. The minimum absolute atomic E-state index is 1.25. The second-order valence-electron chi connectivity index (χ2n) is 7.58. The summed E-state index contributed by atoms with van der Waals surface area (Å²) in [5.74, 6) is 0. The number of para-hydroxylation sites is 2. The van der Waals surface area contributed by atoms with E-state index in [1.807, 2.05) is 0 Å². The molecule has 0 atom stereocenters. The van der Waals surface area contributed by atoms with Crippen molar-refractivity contribution in [3.8, 4) is 11.3 Å². The van der Waals surface area contributed by atoms with Gasteiger partial charge in [-0.25, -0.2) is 0 Å². The Hall–Kier alpha value is -3.33. The minimum atomic E-state index is -1.25. The van der Waals surface area contributed by atoms with Gasteiger partial charge < -0.3 is 9.38 Å². The molecule has 2 aliphatic rings. The van der Waals surface area contributed by atoms with Gasteiger partial charge in [-0.05, 0) is 18.2 Å². The average Bonchev–Trinajstić information content (AvgIpc) is 3.04. The quantitative estimate of drug-likeness (QED) is 0.391. The van der Waals surface area contributed by atoms with E-state index >= 15 is 0 Å². The van der Waals surface area contributed by atoms with Crippen molar-refractivity contribution in [3.63, 3.8) is 0 Å². The first kappa shape index (κ1) is 14.8. The van der Waals surface area contributed by atoms with E-state index in [1.54, 1.807) is 0 Å². The lowest BCUT2D eigenvalue weighted by Gasteiger charge is -2.44. The van der Waals surface area contributed by atoms with Crippen LogP contribution in [0.3, 0.4) is 0 Å². The number of anilines is 2. The topological polar surface area (TPSA) is 7.12 Å². The van der Waals surface area contributed by atoms with Gasteiger partial charge in [-0.2, -0.15) is 0 Å². The van der Waals surface area contributed by atoms with Gasteiger partial charge in [0.25, 0.3) is 0 Å². The van der Waals surface area contributed by atoms with Gasteiger partial charge >= 0.3 is 6.28 Å². The van der Waals surface area contributed by atoms with Crippen LogP contribution in [-0.2, 0) is 0 Å². The van der Waals surface area contributed by atoms with Crippen LogP contribution in [0.1, 0.15) is 0 Å². The summed E-state index contributed by atoms with van der Waals surface area (Å²) >= 11 is 0. The fourth-order valence-corrected chi connectivity index (χ4v) is 5.49. The van der Waals surface area contributed by atoms with Gasteiger partial charge in [0.15, 0.2) is 5.69 Å². The van der Waals surface area contributed by atoms with E-state index in [4.69, 9.17) is 0 Å². The van der Waals surface area contributed by atoms with Crippen molar-refractivity contribution in [2.45, 2.75) is 0 Å². The standard InChI is InChI=1S/C24H19BN2/c1-26-23-15-6-4-12-20(23)25(21-13-5-7-16-24(21)26)19-11-3-2-10-18(19)22-14-8-9-17-27(22)25/h2-17H,1H3. The highest BCUT2D eigenvalue weighted by atomic mass is 15.1. The number of pyridine rings is 1. The SMILES string of the molecule is CN1c2ccccc2[B-]2(c3ccccc3-c3cccc[n+]32)c2ccccc21. The van der Waals surface area contributed by atoms with Gasteiger partial charge in [0.2, 0.25) is 0 Å². The Morgan fingerprint density at radius 1 is 0.630 bits per heavy atom. The van der Waals surface area contributed by atoms with Crippen LogP contribution in [0.15, 0.2) is 97.2 Å². The number of hydrogen-bond donors (Lipinski definition) is 0. The van der Waals surface area contributed by atoms with Gasteiger partial charge in [0.05, 0.1) is 0 Å². The first-order valence-electron chi connectivity index (χ1n) is 9.52. The van der Waals surface area contributed by atoms with Crippen molar-refractivity contribution < 1.29 is 4.48 Å². The molecule has 0 unspecified atom stereocenters. The fourth-order valence-electron chi connectivity index (χ4n) is 5.49. The molecule has 27 heavy (non-hydrogen) atoms. The molecular weight excluding hydrogens is 327 g/mol. The summed E-state index contributed by atoms with van der Waals surface area (Å²) in [5, 5.41) is 0. The third kappa shape index (κ3) is 1.65. The maximum Gasteiger partial charge on any atom is 0.365 e. The van der Waals surface area contributed by atoms with Crippen molar-refractivity contribution in [2.75, 3.05) is 11.9 Å². The Morgan fingerprint density at radius 2 is 1.19 bits per heavy atom. The number of aromatic nitrogens is 1. The average molecular weight is 346 g/mol. The molecule has 0 amide bonds. The molecule has 0 N–H and O–H groups in total. The number of fused-ring (bicyclic) bond motifs is 9. The van der Waals surface area contributed by atoms with Crippen molar-refractivity contribution >= 4 is 34.0 Å². The van der Waals surface area contributed by atoms with E-state index in [-0.39, 0.29) is 0 Å². The molecule has 0 fully saturated rings. The van der Waals surface area contributed by atoms with Crippen molar-refractivity contribution in [1.82, 2.24) is 0 Å². The normalized spacial score (nSPS) is 15.1. The largest absolute Gasteiger partial charge is 0.408 e. The minimum Gasteiger partial charge on any atom is -0.408 e. The molecule has 3 aromatic carbocycles. The Balaban J connectivity index is 1.87. The van der Waals surface area contributed by atoms with E-state index in [9.17, 15) is 0 Å². The highest BCUT2D eigenvalue weighted by Gasteiger charge is 2.53. The highest BCUT2D eigenvalue weighted by Crippen LogP contribution is 2.33. The van der Waals surface area contributed by atoms with Gasteiger partial charge in [-0.3, -0.25) is 0 Å². The molecular formula is C24H19BN2. The summed E-state index contributed by atoms with van der Waals surface area (Å²) in [6.07, 6.45) is 1.00. The summed E-state index contributed by atoms with van der Waals surface area (Å²) in [7, 11) is 2.18. The van der Waals surface area contributed by atoms with Crippen LogP contribution in [-0.4, -0.2) is 13.3 Å². The summed E-state index contributed by atoms with van der Waals surface area (Å²) < 4.78 is 2.52. The Bertz CT molecular complexity index is 1120. The molecule has 0 saturated heterocycles. The van der Waals surface area contributed by atoms with Crippen LogP contribution in [0, 0.1) is 0 Å². The Labute approximate surface area is 159 Å². The molecule has 2 nitrogen and oxygen atoms in total. The van der Waals surface area contributed by atoms with Crippen molar-refractivity contribution in [1.29, 1.82) is 0 Å². The smallest absolute Gasteiger partial charge is 0.365 e. The monoisotopic (exact) mass is 346 g/mol. The number of hydrogen-bond acceptors (Lipinski definition) is 1. The van der Waals surface area contributed by atoms with Crippen LogP contribution in [0.4, 0.5) is 11.4 Å². The van der Waals surface area contributed by atoms with Crippen LogP contribution in [0.25, 0.3) is 11.3 Å². The molecule has 6 rings (SSSR count). The lowest BCUT2D eigenvalue weighted by atomic mass is 9.23. The maximum atomic E-state index is 2.52. The molecule has 1 spiro atoms. The molecule has 4 aromatic rings. The molecule has 0 radical (unpaired) electrons. The maximum absolute atomic E-state index is 2.52. The van der Waals surface area contributed by atoms with E-state index in [0.29, 0.717) is 0 Å². The lowest BCUT2D eigenvalue weighted by molar-refractivity contribution is -0.524. The van der Waals surface area contributed by atoms with Gasteiger partial charge in [0, 0.05) is 30.1 Å². The molecule has 0 aliphatic carbocycles. The highest BCUT2D eigenvalue weighted by molar-refractivity contribution is 7.08. The number of nitrogens with zero attached hydrogens (tertiary/aromatic N) is 2. The zero-order chi connectivity index (χ0) is 18.0. The van der Waals surface area contributed by atoms with Gasteiger partial charge in [-0.1, -0.05) is 66.7 Å². The second-order valence-corrected chi connectivity index (χ2v) is 7.58. The number of benzene rings is 3. The van der Waals surface area contributed by atoms with Crippen molar-refractivity contribution in [2.24, 2.45) is 0 Å². The molecule has 0 bridgehead atoms. The van der Waals surface area contributed by atoms with Gasteiger partial charge in [-0.15, -0.1) is 16.4 Å². The molecule has 0 saturated carbocycles. The predicted molar refractivity (Wildman–Crippen MR) is 113 cm³/mol. The third-order valence-corrected chi connectivity index (χ3v) is 6.49. The second kappa shape index (κ2) is 5.11. The van der Waals surface area contributed by atoms with E-state index in [1.165, 1.54) is 39.0 Å². The number of rotatable bonds is 0. The predicted octanol–water partition coefficient (Wildman–Crippen LogP) is 2.55. The molecule has 3 heterocycles. The van der Waals surface area contributed by atoms with E-state index in [2.05, 4.69) is 114 Å². The summed E-state index contributed by atoms with van der Waals surface area (Å²) in [6.45, 7) is 0. The molecule has 3 heteroatoms. The van der Waals surface area contributed by atoms with Crippen LogP contribution in [0.2, 0.25) is 0 Å². The summed E-state index contributed by atoms with van der Waals surface area (Å²) in [6, 6.07) is 33.2. The Morgan fingerprint density at radius 3 is 1.89 bits per heavy atom. The van der Waals surface area contributed by atoms with E-state index in [0.717, 1.165) is 0 Å². The summed E-state index contributed by atoms with van der Waals surface area (Å²) in [4.78, 5) is 2.34. The first-order valence-corrected chi connectivity index (χ1v) is 9.52. The summed E-state index contributed by atoms with van der Waals surface area (Å²) in [5.41, 5.74) is 9.40. The Kier molecular flexibility index (Phi) is 2.80. The molecule has 2 aliphatic heterocycles. The van der Waals surface area contributed by atoms with Crippen LogP contribution < -0.4 is 25.8 Å². The fraction of sp³-hybridized carbons (Fsp3) is 0.0417. The zero-order valence-electron chi connectivity index (χ0n) is 15.2. The molecule has 128 valence electrons. The van der Waals surface area contributed by atoms with Crippen LogP contribution >= 0.6 is 0 Å². The zero-order valence-corrected chi connectivity index (χ0v) is 15.2. The van der Waals surface area contributed by atoms with E-state index < -0.39 is 6.28 Å². The van der Waals surface area contributed by atoms with Crippen molar-refractivity contribution in [3.05, 3.63) is 97.2 Å². The third-order valence-electron chi connectivity index (χ3n) is 6.49.